The number of carboxylic acid groups (broad SMARTS) is 1. The van der Waals surface area contributed by atoms with Crippen LogP contribution in [-0.4, -0.2) is 22.1 Å². The summed E-state index contributed by atoms with van der Waals surface area (Å²) in [6, 6.07) is 2.17. The number of aliphatic carboxylic acids is 1. The molecule has 1 fully saturated rings. The molecule has 1 aliphatic rings. The van der Waals surface area contributed by atoms with Crippen LogP contribution in [0.25, 0.3) is 6.08 Å². The van der Waals surface area contributed by atoms with Gasteiger partial charge in [-0.15, -0.1) is 0 Å². The first-order valence-corrected chi connectivity index (χ1v) is 6.36. The molecule has 0 bridgehead atoms. The maximum atomic E-state index is 10.4. The summed E-state index contributed by atoms with van der Waals surface area (Å²) in [7, 11) is 0. The van der Waals surface area contributed by atoms with Crippen molar-refractivity contribution >= 4 is 29.5 Å². The van der Waals surface area contributed by atoms with Gasteiger partial charge in [-0.2, -0.15) is 0 Å². The Bertz CT molecular complexity index is 468. The van der Waals surface area contributed by atoms with Crippen LogP contribution in [0.3, 0.4) is 0 Å². The first-order chi connectivity index (χ1) is 8.65. The van der Waals surface area contributed by atoms with Gasteiger partial charge in [-0.25, -0.2) is 9.78 Å². The van der Waals surface area contributed by atoms with E-state index in [0.717, 1.165) is 18.9 Å². The summed E-state index contributed by atoms with van der Waals surface area (Å²) in [5, 5.41) is 12.4. The van der Waals surface area contributed by atoms with E-state index in [-0.39, 0.29) is 0 Å². The Balaban J connectivity index is 2.06. The normalized spacial score (nSPS) is 16.3. The molecule has 18 heavy (non-hydrogen) atoms. The third-order valence-electron chi connectivity index (χ3n) is 2.98. The average molecular weight is 267 g/mol. The van der Waals surface area contributed by atoms with Gasteiger partial charge in [-0.05, 0) is 30.5 Å². The van der Waals surface area contributed by atoms with E-state index >= 15 is 0 Å². The van der Waals surface area contributed by atoms with Crippen molar-refractivity contribution in [3.63, 3.8) is 0 Å². The van der Waals surface area contributed by atoms with Crippen LogP contribution in [0.15, 0.2) is 18.3 Å². The molecule has 0 aromatic carbocycles. The zero-order valence-corrected chi connectivity index (χ0v) is 10.7. The molecule has 4 nitrogen and oxygen atoms in total. The predicted molar refractivity (Wildman–Crippen MR) is 71.8 cm³/mol. The second-order valence-electron chi connectivity index (χ2n) is 4.40. The van der Waals surface area contributed by atoms with Gasteiger partial charge in [0, 0.05) is 18.3 Å². The second kappa shape index (κ2) is 5.87. The fourth-order valence-electron chi connectivity index (χ4n) is 2.08. The summed E-state index contributed by atoms with van der Waals surface area (Å²) >= 11 is 6.12. The Morgan fingerprint density at radius 2 is 2.22 bits per heavy atom. The van der Waals surface area contributed by atoms with Gasteiger partial charge < -0.3 is 10.4 Å². The summed E-state index contributed by atoms with van der Waals surface area (Å²) in [4.78, 5) is 14.6. The van der Waals surface area contributed by atoms with Crippen LogP contribution in [-0.2, 0) is 4.79 Å². The third-order valence-corrected chi connectivity index (χ3v) is 3.26. The fraction of sp³-hybridized carbons (Fsp3) is 0.385. The fourth-order valence-corrected chi connectivity index (χ4v) is 2.31. The molecule has 0 atom stereocenters. The predicted octanol–water partition coefficient (Wildman–Crippen LogP) is 3.19. The van der Waals surface area contributed by atoms with Crippen LogP contribution in [0.5, 0.6) is 0 Å². The number of nitrogens with one attached hydrogen (secondary N) is 1. The highest BCUT2D eigenvalue weighted by atomic mass is 35.5. The number of carboxylic acids is 1. The molecule has 0 spiro atoms. The van der Waals surface area contributed by atoms with Crippen LogP contribution in [0, 0.1) is 0 Å². The smallest absolute Gasteiger partial charge is 0.328 e. The number of pyridine rings is 1. The van der Waals surface area contributed by atoms with Crippen molar-refractivity contribution in [2.75, 3.05) is 5.32 Å². The highest BCUT2D eigenvalue weighted by Crippen LogP contribution is 2.26. The largest absolute Gasteiger partial charge is 0.478 e. The lowest BCUT2D eigenvalue weighted by molar-refractivity contribution is -0.131. The van der Waals surface area contributed by atoms with E-state index in [1.165, 1.54) is 18.9 Å². The molecule has 5 heteroatoms. The Morgan fingerprint density at radius 3 is 2.83 bits per heavy atom. The van der Waals surface area contributed by atoms with Gasteiger partial charge in [-0.1, -0.05) is 24.4 Å². The van der Waals surface area contributed by atoms with Crippen LogP contribution >= 0.6 is 11.6 Å². The van der Waals surface area contributed by atoms with Gasteiger partial charge in [-0.3, -0.25) is 0 Å². The van der Waals surface area contributed by atoms with Gasteiger partial charge in [0.05, 0.1) is 5.02 Å². The minimum Gasteiger partial charge on any atom is -0.478 e. The molecule has 0 aliphatic heterocycles. The van der Waals surface area contributed by atoms with Crippen LogP contribution < -0.4 is 5.32 Å². The molecule has 0 radical (unpaired) electrons. The minimum atomic E-state index is -0.987. The zero-order chi connectivity index (χ0) is 13.0. The number of halogens is 1. The van der Waals surface area contributed by atoms with E-state index in [9.17, 15) is 4.79 Å². The van der Waals surface area contributed by atoms with Gasteiger partial charge in [0.15, 0.2) is 0 Å². The molecule has 2 rings (SSSR count). The van der Waals surface area contributed by atoms with Crippen molar-refractivity contribution in [3.8, 4) is 0 Å². The van der Waals surface area contributed by atoms with Crippen molar-refractivity contribution in [2.45, 2.75) is 31.7 Å². The number of hydrogen-bond donors (Lipinski definition) is 2. The zero-order valence-electron chi connectivity index (χ0n) is 9.90. The standard InChI is InChI=1S/C13H15ClN2O2/c14-11-7-9(5-6-12(17)18)8-15-13(11)16-10-3-1-2-4-10/h5-8,10H,1-4H2,(H,15,16)(H,17,18). The van der Waals surface area contributed by atoms with E-state index in [4.69, 9.17) is 16.7 Å². The Morgan fingerprint density at radius 1 is 1.50 bits per heavy atom. The molecular weight excluding hydrogens is 252 g/mol. The van der Waals surface area contributed by atoms with Gasteiger partial charge in [0.1, 0.15) is 5.82 Å². The highest BCUT2D eigenvalue weighted by Gasteiger charge is 2.16. The Labute approximate surface area is 111 Å². The summed E-state index contributed by atoms with van der Waals surface area (Å²) in [6.45, 7) is 0. The molecule has 1 aromatic heterocycles. The first-order valence-electron chi connectivity index (χ1n) is 5.98. The van der Waals surface area contributed by atoms with Crippen LogP contribution in [0.2, 0.25) is 5.02 Å². The SMILES string of the molecule is O=C(O)C=Cc1cnc(NC2CCCC2)c(Cl)c1. The van der Waals surface area contributed by atoms with E-state index in [2.05, 4.69) is 10.3 Å². The molecule has 1 saturated carbocycles. The molecule has 0 unspecified atom stereocenters. The van der Waals surface area contributed by atoms with E-state index in [1.807, 2.05) is 0 Å². The lowest BCUT2D eigenvalue weighted by Crippen LogP contribution is -2.15. The van der Waals surface area contributed by atoms with Crippen molar-refractivity contribution < 1.29 is 9.90 Å². The number of carbonyl (C=O) groups is 1. The van der Waals surface area contributed by atoms with Crippen molar-refractivity contribution in [2.24, 2.45) is 0 Å². The molecular formula is C13H15ClN2O2. The highest BCUT2D eigenvalue weighted by molar-refractivity contribution is 6.33. The monoisotopic (exact) mass is 266 g/mol. The van der Waals surface area contributed by atoms with Gasteiger partial charge in [0.25, 0.3) is 0 Å². The number of nitrogens with zero attached hydrogens (tertiary/aromatic N) is 1. The molecule has 0 amide bonds. The molecule has 96 valence electrons. The van der Waals surface area contributed by atoms with Gasteiger partial charge >= 0.3 is 5.97 Å². The maximum Gasteiger partial charge on any atom is 0.328 e. The van der Waals surface area contributed by atoms with Crippen molar-refractivity contribution in [1.82, 2.24) is 4.98 Å². The van der Waals surface area contributed by atoms with E-state index < -0.39 is 5.97 Å². The summed E-state index contributed by atoms with van der Waals surface area (Å²) in [5.41, 5.74) is 0.680. The molecule has 2 N–H and O–H groups in total. The Kier molecular flexibility index (Phi) is 4.20. The molecule has 1 aromatic rings. The lowest BCUT2D eigenvalue weighted by Gasteiger charge is -2.13. The topological polar surface area (TPSA) is 62.2 Å². The Hall–Kier alpha value is -1.55. The lowest BCUT2D eigenvalue weighted by atomic mass is 10.2. The molecule has 1 aliphatic carbocycles. The molecule has 0 saturated heterocycles. The van der Waals surface area contributed by atoms with Crippen LogP contribution in [0.1, 0.15) is 31.2 Å². The number of rotatable bonds is 4. The number of aromatic nitrogens is 1. The van der Waals surface area contributed by atoms with Crippen LogP contribution in [0.4, 0.5) is 5.82 Å². The quantitative estimate of drug-likeness (QED) is 0.822. The minimum absolute atomic E-state index is 0.454. The van der Waals surface area contributed by atoms with Crippen molar-refractivity contribution in [3.05, 3.63) is 28.9 Å². The van der Waals surface area contributed by atoms with E-state index in [0.29, 0.717) is 22.4 Å². The summed E-state index contributed by atoms with van der Waals surface area (Å²) in [5.74, 6) is -0.310. The number of anilines is 1. The van der Waals surface area contributed by atoms with E-state index in [1.54, 1.807) is 12.3 Å². The maximum absolute atomic E-state index is 10.4. The number of hydrogen-bond acceptors (Lipinski definition) is 3. The second-order valence-corrected chi connectivity index (χ2v) is 4.80. The summed E-state index contributed by atoms with van der Waals surface area (Å²) in [6.07, 6.45) is 8.95. The first kappa shape index (κ1) is 12.9. The average Bonchev–Trinajstić information content (AvgIpc) is 2.82. The summed E-state index contributed by atoms with van der Waals surface area (Å²) < 4.78 is 0. The van der Waals surface area contributed by atoms with Crippen molar-refractivity contribution in [1.29, 1.82) is 0 Å². The third kappa shape index (κ3) is 3.47. The van der Waals surface area contributed by atoms with Gasteiger partial charge in [0.2, 0.25) is 0 Å². The molecule has 1 heterocycles.